The standard InChI is InChI=1S/C15H12Cl2O2/c16-9-5-6-10(12(17)7-9)15-8-13(18)11-3-1-2-4-14(11)19-15/h1-7,13,15,18H,8H2. The fourth-order valence-corrected chi connectivity index (χ4v) is 2.88. The molecule has 0 saturated carbocycles. The molecule has 0 fully saturated rings. The Hall–Kier alpha value is -1.22. The second-order valence-electron chi connectivity index (χ2n) is 4.56. The highest BCUT2D eigenvalue weighted by Gasteiger charge is 2.28. The topological polar surface area (TPSA) is 29.5 Å². The Balaban J connectivity index is 1.97. The zero-order valence-electron chi connectivity index (χ0n) is 10.0. The van der Waals surface area contributed by atoms with Crippen LogP contribution in [0.25, 0.3) is 0 Å². The third kappa shape index (κ3) is 2.44. The fourth-order valence-electron chi connectivity index (χ4n) is 2.35. The molecule has 2 atom stereocenters. The van der Waals surface area contributed by atoms with Crippen molar-refractivity contribution in [3.8, 4) is 5.75 Å². The summed E-state index contributed by atoms with van der Waals surface area (Å²) < 4.78 is 5.92. The number of halogens is 2. The van der Waals surface area contributed by atoms with Gasteiger partial charge in [0.15, 0.2) is 0 Å². The zero-order valence-corrected chi connectivity index (χ0v) is 11.5. The van der Waals surface area contributed by atoms with Gasteiger partial charge in [-0.2, -0.15) is 0 Å². The van der Waals surface area contributed by atoms with E-state index >= 15 is 0 Å². The van der Waals surface area contributed by atoms with Crippen LogP contribution in [0.1, 0.15) is 29.8 Å². The molecular weight excluding hydrogens is 283 g/mol. The van der Waals surface area contributed by atoms with E-state index in [9.17, 15) is 5.11 Å². The molecule has 0 amide bonds. The zero-order chi connectivity index (χ0) is 13.4. The maximum Gasteiger partial charge on any atom is 0.128 e. The molecule has 1 aliphatic heterocycles. The Kier molecular flexibility index (Phi) is 3.40. The molecule has 1 N–H and O–H groups in total. The molecule has 0 aromatic heterocycles. The number of rotatable bonds is 1. The monoisotopic (exact) mass is 294 g/mol. The molecule has 0 aliphatic carbocycles. The predicted molar refractivity (Wildman–Crippen MR) is 75.8 cm³/mol. The van der Waals surface area contributed by atoms with Crippen molar-refractivity contribution in [2.45, 2.75) is 18.6 Å². The van der Waals surface area contributed by atoms with Crippen LogP contribution in [0.3, 0.4) is 0 Å². The first-order valence-corrected chi connectivity index (χ1v) is 6.79. The molecule has 2 aromatic rings. The highest BCUT2D eigenvalue weighted by Crippen LogP contribution is 2.42. The molecule has 2 unspecified atom stereocenters. The first-order chi connectivity index (χ1) is 9.15. The summed E-state index contributed by atoms with van der Waals surface area (Å²) >= 11 is 12.1. The Morgan fingerprint density at radius 3 is 2.63 bits per heavy atom. The van der Waals surface area contributed by atoms with Gasteiger partial charge in [-0.15, -0.1) is 0 Å². The van der Waals surface area contributed by atoms with Crippen LogP contribution in [0, 0.1) is 0 Å². The van der Waals surface area contributed by atoms with Gasteiger partial charge in [0.2, 0.25) is 0 Å². The van der Waals surface area contributed by atoms with Crippen LogP contribution in [0.4, 0.5) is 0 Å². The molecular formula is C15H12Cl2O2. The van der Waals surface area contributed by atoms with Crippen molar-refractivity contribution < 1.29 is 9.84 Å². The molecule has 1 heterocycles. The minimum absolute atomic E-state index is 0.255. The molecule has 0 radical (unpaired) electrons. The molecule has 0 saturated heterocycles. The maximum absolute atomic E-state index is 10.2. The Morgan fingerprint density at radius 1 is 1.05 bits per heavy atom. The smallest absolute Gasteiger partial charge is 0.128 e. The average molecular weight is 295 g/mol. The summed E-state index contributed by atoms with van der Waals surface area (Å²) in [5, 5.41) is 11.3. The highest BCUT2D eigenvalue weighted by atomic mass is 35.5. The highest BCUT2D eigenvalue weighted by molar-refractivity contribution is 6.35. The van der Waals surface area contributed by atoms with E-state index in [4.69, 9.17) is 27.9 Å². The van der Waals surface area contributed by atoms with Gasteiger partial charge < -0.3 is 9.84 Å². The lowest BCUT2D eigenvalue weighted by molar-refractivity contribution is 0.0658. The first kappa shape index (κ1) is 12.8. The van der Waals surface area contributed by atoms with Crippen molar-refractivity contribution in [3.63, 3.8) is 0 Å². The number of hydrogen-bond donors (Lipinski definition) is 1. The van der Waals surface area contributed by atoms with Gasteiger partial charge in [-0.1, -0.05) is 47.5 Å². The molecule has 4 heteroatoms. The summed E-state index contributed by atoms with van der Waals surface area (Å²) in [5.74, 6) is 0.706. The quantitative estimate of drug-likeness (QED) is 0.836. The van der Waals surface area contributed by atoms with Crippen LogP contribution in [-0.4, -0.2) is 5.11 Å². The van der Waals surface area contributed by atoms with Crippen LogP contribution in [0.15, 0.2) is 42.5 Å². The van der Waals surface area contributed by atoms with Crippen molar-refractivity contribution >= 4 is 23.2 Å². The van der Waals surface area contributed by atoms with Crippen LogP contribution in [0.2, 0.25) is 10.0 Å². The summed E-state index contributed by atoms with van der Waals surface area (Å²) in [5.41, 5.74) is 1.67. The van der Waals surface area contributed by atoms with Crippen LogP contribution >= 0.6 is 23.2 Å². The summed E-state index contributed by atoms with van der Waals surface area (Å²) in [7, 11) is 0. The van der Waals surface area contributed by atoms with E-state index in [1.807, 2.05) is 30.3 Å². The van der Waals surface area contributed by atoms with Crippen molar-refractivity contribution in [3.05, 3.63) is 63.6 Å². The Bertz CT molecular complexity index is 613. The third-order valence-corrected chi connectivity index (χ3v) is 3.86. The number of aliphatic hydroxyl groups is 1. The van der Waals surface area contributed by atoms with Gasteiger partial charge in [0, 0.05) is 27.6 Å². The third-order valence-electron chi connectivity index (χ3n) is 3.29. The number of aliphatic hydroxyl groups excluding tert-OH is 1. The minimum Gasteiger partial charge on any atom is -0.485 e. The lowest BCUT2D eigenvalue weighted by Gasteiger charge is -2.30. The van der Waals surface area contributed by atoms with E-state index in [1.165, 1.54) is 0 Å². The molecule has 3 rings (SSSR count). The summed E-state index contributed by atoms with van der Waals surface area (Å²) in [4.78, 5) is 0. The molecule has 0 spiro atoms. The van der Waals surface area contributed by atoms with Gasteiger partial charge in [-0.3, -0.25) is 0 Å². The van der Waals surface area contributed by atoms with Gasteiger partial charge in [-0.25, -0.2) is 0 Å². The molecule has 98 valence electrons. The average Bonchev–Trinajstić information content (AvgIpc) is 2.38. The van der Waals surface area contributed by atoms with E-state index < -0.39 is 6.10 Å². The number of para-hydroxylation sites is 1. The fraction of sp³-hybridized carbons (Fsp3) is 0.200. The molecule has 1 aliphatic rings. The van der Waals surface area contributed by atoms with E-state index in [0.29, 0.717) is 22.2 Å². The van der Waals surface area contributed by atoms with E-state index in [0.717, 1.165) is 11.1 Å². The number of ether oxygens (including phenoxy) is 1. The normalized spacial score (nSPS) is 21.6. The number of benzene rings is 2. The van der Waals surface area contributed by atoms with Gasteiger partial charge >= 0.3 is 0 Å². The Morgan fingerprint density at radius 2 is 1.84 bits per heavy atom. The maximum atomic E-state index is 10.2. The van der Waals surface area contributed by atoms with Gasteiger partial charge in [0.05, 0.1) is 6.10 Å². The van der Waals surface area contributed by atoms with Crippen molar-refractivity contribution in [1.82, 2.24) is 0 Å². The van der Waals surface area contributed by atoms with E-state index in [1.54, 1.807) is 12.1 Å². The second kappa shape index (κ2) is 5.04. The van der Waals surface area contributed by atoms with Crippen LogP contribution in [0.5, 0.6) is 5.75 Å². The van der Waals surface area contributed by atoms with Gasteiger partial charge in [0.25, 0.3) is 0 Å². The number of hydrogen-bond acceptors (Lipinski definition) is 2. The summed E-state index contributed by atoms with van der Waals surface area (Å²) in [6.45, 7) is 0. The number of fused-ring (bicyclic) bond motifs is 1. The van der Waals surface area contributed by atoms with E-state index in [2.05, 4.69) is 0 Å². The van der Waals surface area contributed by atoms with Gasteiger partial charge in [-0.05, 0) is 18.2 Å². The second-order valence-corrected chi connectivity index (χ2v) is 5.41. The lowest BCUT2D eigenvalue weighted by atomic mass is 9.95. The predicted octanol–water partition coefficient (Wildman–Crippen LogP) is 4.55. The van der Waals surface area contributed by atoms with E-state index in [-0.39, 0.29) is 6.10 Å². The largest absolute Gasteiger partial charge is 0.485 e. The molecule has 2 aromatic carbocycles. The van der Waals surface area contributed by atoms with Crippen molar-refractivity contribution in [2.75, 3.05) is 0 Å². The first-order valence-electron chi connectivity index (χ1n) is 6.04. The molecule has 19 heavy (non-hydrogen) atoms. The lowest BCUT2D eigenvalue weighted by Crippen LogP contribution is -2.19. The molecule has 2 nitrogen and oxygen atoms in total. The SMILES string of the molecule is OC1CC(c2ccc(Cl)cc2Cl)Oc2ccccc21. The summed E-state index contributed by atoms with van der Waals surface area (Å²) in [6.07, 6.45) is -0.311. The Labute approximate surface area is 121 Å². The van der Waals surface area contributed by atoms with Crippen molar-refractivity contribution in [2.24, 2.45) is 0 Å². The van der Waals surface area contributed by atoms with Crippen LogP contribution < -0.4 is 4.74 Å². The van der Waals surface area contributed by atoms with Crippen LogP contribution in [-0.2, 0) is 0 Å². The minimum atomic E-state index is -0.540. The van der Waals surface area contributed by atoms with Gasteiger partial charge in [0.1, 0.15) is 11.9 Å². The molecule has 0 bridgehead atoms. The summed E-state index contributed by atoms with van der Waals surface area (Å²) in [6, 6.07) is 12.8. The van der Waals surface area contributed by atoms with Crippen molar-refractivity contribution in [1.29, 1.82) is 0 Å².